The zero-order valence-electron chi connectivity index (χ0n) is 16.0. The van der Waals surface area contributed by atoms with Crippen LogP contribution in [0.25, 0.3) is 5.69 Å². The van der Waals surface area contributed by atoms with E-state index in [2.05, 4.69) is 10.3 Å². The molecule has 1 unspecified atom stereocenters. The largest absolute Gasteiger partial charge is 0.454 e. The normalized spacial score (nSPS) is 13.3. The van der Waals surface area contributed by atoms with Crippen molar-refractivity contribution in [3.8, 4) is 17.2 Å². The fourth-order valence-corrected chi connectivity index (χ4v) is 4.08. The summed E-state index contributed by atoms with van der Waals surface area (Å²) in [6.07, 6.45) is 3.60. The molecule has 0 radical (unpaired) electrons. The first kappa shape index (κ1) is 19.7. The third kappa shape index (κ3) is 4.21. The quantitative estimate of drug-likeness (QED) is 0.590. The van der Waals surface area contributed by atoms with Gasteiger partial charge in [0, 0.05) is 24.0 Å². The Bertz CT molecular complexity index is 1050. The fourth-order valence-electron chi connectivity index (χ4n) is 3.01. The minimum Gasteiger partial charge on any atom is -0.454 e. The van der Waals surface area contributed by atoms with E-state index in [-0.39, 0.29) is 18.0 Å². The van der Waals surface area contributed by atoms with E-state index in [0.29, 0.717) is 17.3 Å². The smallest absolute Gasteiger partial charge is 0.233 e. The van der Waals surface area contributed by atoms with Gasteiger partial charge in [-0.3, -0.25) is 9.36 Å². The molecule has 2 aromatic carbocycles. The first-order chi connectivity index (χ1) is 14.0. The Hall–Kier alpha value is -2.64. The van der Waals surface area contributed by atoms with E-state index in [9.17, 15) is 4.79 Å². The highest BCUT2D eigenvalue weighted by Crippen LogP contribution is 2.32. The summed E-state index contributed by atoms with van der Waals surface area (Å²) in [5.74, 6) is 1.37. The Morgan fingerprint density at radius 3 is 3.00 bits per heavy atom. The molecule has 1 amide bonds. The van der Waals surface area contributed by atoms with Gasteiger partial charge >= 0.3 is 0 Å². The van der Waals surface area contributed by atoms with E-state index in [1.807, 2.05) is 61.0 Å². The van der Waals surface area contributed by atoms with E-state index in [1.165, 1.54) is 11.8 Å². The van der Waals surface area contributed by atoms with E-state index in [4.69, 9.17) is 21.1 Å². The first-order valence-electron chi connectivity index (χ1n) is 9.14. The number of hydrogen-bond donors (Lipinski definition) is 1. The molecule has 3 aromatic rings. The van der Waals surface area contributed by atoms with Gasteiger partial charge in [-0.1, -0.05) is 35.5 Å². The first-order valence-corrected chi connectivity index (χ1v) is 10.4. The SMILES string of the molecule is Cc1c(Cl)cccc1-n1ccnc1SC(C)C(=O)NCc1ccc2c(c1)OCO2. The molecular weight excluding hydrogens is 410 g/mol. The van der Waals surface area contributed by atoms with E-state index in [1.54, 1.807) is 6.20 Å². The summed E-state index contributed by atoms with van der Waals surface area (Å²) in [7, 11) is 0. The van der Waals surface area contributed by atoms with Crippen molar-refractivity contribution in [2.45, 2.75) is 30.8 Å². The summed E-state index contributed by atoms with van der Waals surface area (Å²) in [5, 5.41) is 4.09. The van der Waals surface area contributed by atoms with Crippen LogP contribution in [0, 0.1) is 6.92 Å². The van der Waals surface area contributed by atoms with E-state index < -0.39 is 0 Å². The maximum Gasteiger partial charge on any atom is 0.233 e. The van der Waals surface area contributed by atoms with Crippen molar-refractivity contribution in [2.24, 2.45) is 0 Å². The standard InChI is InChI=1S/C21H20ClN3O3S/c1-13-16(22)4-3-5-17(13)25-9-8-23-21(25)29-14(2)20(26)24-11-15-6-7-18-19(10-15)28-12-27-18/h3-10,14H,11-12H2,1-2H3,(H,24,26). The minimum absolute atomic E-state index is 0.0648. The number of benzene rings is 2. The second-order valence-electron chi connectivity index (χ2n) is 6.63. The van der Waals surface area contributed by atoms with Crippen LogP contribution in [0.5, 0.6) is 11.5 Å². The summed E-state index contributed by atoms with van der Waals surface area (Å²) in [4.78, 5) is 17.0. The molecule has 1 atom stereocenters. The van der Waals surface area contributed by atoms with Gasteiger partial charge in [0.15, 0.2) is 16.7 Å². The highest BCUT2D eigenvalue weighted by Gasteiger charge is 2.19. The number of aromatic nitrogens is 2. The number of nitrogens with zero attached hydrogens (tertiary/aromatic N) is 2. The molecule has 4 rings (SSSR count). The number of nitrogens with one attached hydrogen (secondary N) is 1. The van der Waals surface area contributed by atoms with Crippen LogP contribution < -0.4 is 14.8 Å². The molecule has 0 fully saturated rings. The van der Waals surface area contributed by atoms with Crippen molar-refractivity contribution in [1.29, 1.82) is 0 Å². The van der Waals surface area contributed by atoms with Gasteiger partial charge in [-0.2, -0.15) is 0 Å². The zero-order chi connectivity index (χ0) is 20.4. The van der Waals surface area contributed by atoms with Gasteiger partial charge in [0.2, 0.25) is 12.7 Å². The van der Waals surface area contributed by atoms with Crippen LogP contribution in [-0.4, -0.2) is 27.5 Å². The summed E-state index contributed by atoms with van der Waals surface area (Å²) in [5.41, 5.74) is 2.87. The van der Waals surface area contributed by atoms with Crippen LogP contribution >= 0.6 is 23.4 Å². The van der Waals surface area contributed by atoms with Gasteiger partial charge in [-0.05, 0) is 49.2 Å². The maximum atomic E-state index is 12.6. The van der Waals surface area contributed by atoms with Crippen molar-refractivity contribution in [3.63, 3.8) is 0 Å². The van der Waals surface area contributed by atoms with Gasteiger partial charge in [0.25, 0.3) is 0 Å². The van der Waals surface area contributed by atoms with Crippen LogP contribution in [0.15, 0.2) is 53.9 Å². The Balaban J connectivity index is 1.41. The van der Waals surface area contributed by atoms with Gasteiger partial charge in [0.1, 0.15) is 0 Å². The van der Waals surface area contributed by atoms with Gasteiger partial charge < -0.3 is 14.8 Å². The molecule has 1 aliphatic rings. The molecule has 0 spiro atoms. The van der Waals surface area contributed by atoms with Crippen molar-refractivity contribution in [3.05, 3.63) is 64.9 Å². The lowest BCUT2D eigenvalue weighted by Gasteiger charge is -2.15. The number of ether oxygens (including phenoxy) is 2. The van der Waals surface area contributed by atoms with Crippen molar-refractivity contribution >= 4 is 29.3 Å². The molecule has 0 bridgehead atoms. The Labute approximate surface area is 178 Å². The van der Waals surface area contributed by atoms with Gasteiger partial charge in [-0.25, -0.2) is 4.98 Å². The molecule has 0 aliphatic carbocycles. The van der Waals surface area contributed by atoms with Crippen molar-refractivity contribution in [1.82, 2.24) is 14.9 Å². The zero-order valence-corrected chi connectivity index (χ0v) is 17.6. The average molecular weight is 430 g/mol. The number of carbonyl (C=O) groups excluding carboxylic acids is 1. The lowest BCUT2D eigenvalue weighted by Crippen LogP contribution is -2.30. The molecule has 29 heavy (non-hydrogen) atoms. The third-order valence-corrected chi connectivity index (χ3v) is 6.15. The van der Waals surface area contributed by atoms with Crippen LogP contribution in [0.4, 0.5) is 0 Å². The van der Waals surface area contributed by atoms with E-state index >= 15 is 0 Å². The Morgan fingerprint density at radius 1 is 1.31 bits per heavy atom. The molecule has 1 N–H and O–H groups in total. The molecule has 0 saturated carbocycles. The van der Waals surface area contributed by atoms with Crippen LogP contribution in [0.3, 0.4) is 0 Å². The monoisotopic (exact) mass is 429 g/mol. The van der Waals surface area contributed by atoms with E-state index in [0.717, 1.165) is 27.7 Å². The molecule has 1 aromatic heterocycles. The highest BCUT2D eigenvalue weighted by atomic mass is 35.5. The van der Waals surface area contributed by atoms with Crippen LogP contribution in [0.1, 0.15) is 18.1 Å². The third-order valence-electron chi connectivity index (χ3n) is 4.66. The minimum atomic E-state index is -0.315. The molecule has 6 nitrogen and oxygen atoms in total. The number of thioether (sulfide) groups is 1. The fraction of sp³-hybridized carbons (Fsp3) is 0.238. The number of carbonyl (C=O) groups is 1. The van der Waals surface area contributed by atoms with Gasteiger partial charge in [-0.15, -0.1) is 0 Å². The average Bonchev–Trinajstić information content (AvgIpc) is 3.37. The lowest BCUT2D eigenvalue weighted by atomic mass is 10.2. The molecule has 8 heteroatoms. The molecule has 1 aliphatic heterocycles. The summed E-state index contributed by atoms with van der Waals surface area (Å²) >= 11 is 7.65. The lowest BCUT2D eigenvalue weighted by molar-refractivity contribution is -0.120. The topological polar surface area (TPSA) is 65.4 Å². The number of hydrogen-bond acceptors (Lipinski definition) is 5. The molecule has 150 valence electrons. The predicted octanol–water partition coefficient (Wildman–Crippen LogP) is 4.36. The van der Waals surface area contributed by atoms with Crippen molar-refractivity contribution in [2.75, 3.05) is 6.79 Å². The summed E-state index contributed by atoms with van der Waals surface area (Å²) in [6.45, 7) is 4.48. The maximum absolute atomic E-state index is 12.6. The number of rotatable bonds is 6. The molecule has 0 saturated heterocycles. The molecule has 2 heterocycles. The Morgan fingerprint density at radius 2 is 2.14 bits per heavy atom. The molecular formula is C21H20ClN3O3S. The van der Waals surface area contributed by atoms with Crippen LogP contribution in [-0.2, 0) is 11.3 Å². The van der Waals surface area contributed by atoms with Crippen molar-refractivity contribution < 1.29 is 14.3 Å². The predicted molar refractivity (Wildman–Crippen MR) is 113 cm³/mol. The number of imidazole rings is 1. The highest BCUT2D eigenvalue weighted by molar-refractivity contribution is 8.00. The summed E-state index contributed by atoms with van der Waals surface area (Å²) in [6, 6.07) is 11.4. The number of amides is 1. The number of fused-ring (bicyclic) bond motifs is 1. The Kier molecular flexibility index (Phi) is 5.69. The van der Waals surface area contributed by atoms with Gasteiger partial charge in [0.05, 0.1) is 10.9 Å². The summed E-state index contributed by atoms with van der Waals surface area (Å²) < 4.78 is 12.6. The second kappa shape index (κ2) is 8.39. The number of halogens is 1. The van der Waals surface area contributed by atoms with Crippen LogP contribution in [0.2, 0.25) is 5.02 Å². The second-order valence-corrected chi connectivity index (χ2v) is 8.34.